The maximum absolute atomic E-state index is 10.0. The lowest BCUT2D eigenvalue weighted by molar-refractivity contribution is 0.0689. The number of hydrogen-bond donors (Lipinski definition) is 1. The molecule has 0 aliphatic heterocycles. The van der Waals surface area contributed by atoms with Crippen LogP contribution in [0, 0.1) is 5.92 Å². The second-order valence-electron chi connectivity index (χ2n) is 5.11. The average molecular weight is 236 g/mol. The van der Waals surface area contributed by atoms with E-state index in [4.69, 9.17) is 0 Å². The lowest BCUT2D eigenvalue weighted by atomic mass is 9.83. The Labute approximate surface area is 104 Å². The smallest absolute Gasteiger partial charge is 0.0624 e. The first kappa shape index (κ1) is 12.6. The van der Waals surface area contributed by atoms with Gasteiger partial charge in [0.15, 0.2) is 0 Å². The molecule has 1 aromatic rings. The van der Waals surface area contributed by atoms with Crippen LogP contribution in [0.5, 0.6) is 0 Å². The van der Waals surface area contributed by atoms with Crippen LogP contribution in [0.15, 0.2) is 6.07 Å². The van der Waals surface area contributed by atoms with E-state index in [1.54, 1.807) is 0 Å². The van der Waals surface area contributed by atoms with Gasteiger partial charge >= 0.3 is 0 Å². The van der Waals surface area contributed by atoms with Gasteiger partial charge in [-0.2, -0.15) is 5.10 Å². The largest absolute Gasteiger partial charge is 0.393 e. The third-order valence-electron chi connectivity index (χ3n) is 3.92. The topological polar surface area (TPSA) is 38.0 Å². The van der Waals surface area contributed by atoms with Gasteiger partial charge in [0, 0.05) is 12.2 Å². The van der Waals surface area contributed by atoms with Gasteiger partial charge in [0.2, 0.25) is 0 Å². The van der Waals surface area contributed by atoms with Crippen molar-refractivity contribution in [3.05, 3.63) is 17.5 Å². The first-order valence-corrected chi connectivity index (χ1v) is 6.98. The van der Waals surface area contributed by atoms with Crippen molar-refractivity contribution in [2.24, 2.45) is 5.92 Å². The van der Waals surface area contributed by atoms with Crippen LogP contribution in [0.1, 0.15) is 50.9 Å². The molecule has 1 saturated carbocycles. The van der Waals surface area contributed by atoms with Gasteiger partial charge in [0.25, 0.3) is 0 Å². The highest BCUT2D eigenvalue weighted by molar-refractivity contribution is 5.11. The molecule has 2 atom stereocenters. The molecule has 1 heterocycles. The van der Waals surface area contributed by atoms with Crippen LogP contribution >= 0.6 is 0 Å². The van der Waals surface area contributed by atoms with Crippen LogP contribution in [0.3, 0.4) is 0 Å². The van der Waals surface area contributed by atoms with E-state index in [2.05, 4.69) is 29.7 Å². The highest BCUT2D eigenvalue weighted by atomic mass is 16.3. The van der Waals surface area contributed by atoms with Gasteiger partial charge in [-0.1, -0.05) is 19.8 Å². The Morgan fingerprint density at radius 2 is 2.12 bits per heavy atom. The number of aryl methyl sites for hydroxylation is 2. The minimum atomic E-state index is -0.103. The molecule has 0 amide bonds. The molecule has 0 radical (unpaired) electrons. The third kappa shape index (κ3) is 2.89. The predicted molar refractivity (Wildman–Crippen MR) is 68.9 cm³/mol. The molecular weight excluding hydrogens is 212 g/mol. The molecule has 2 rings (SSSR count). The Morgan fingerprint density at radius 3 is 2.76 bits per heavy atom. The summed E-state index contributed by atoms with van der Waals surface area (Å²) in [6.07, 6.45) is 6.47. The third-order valence-corrected chi connectivity index (χ3v) is 3.92. The SMILES string of the molecule is CCc1cc(CC2CCCCC2O)n(CC)n1. The van der Waals surface area contributed by atoms with Crippen molar-refractivity contribution in [2.45, 2.75) is 65.0 Å². The van der Waals surface area contributed by atoms with Crippen molar-refractivity contribution in [1.29, 1.82) is 0 Å². The Hall–Kier alpha value is -0.830. The van der Waals surface area contributed by atoms with Gasteiger partial charge in [-0.15, -0.1) is 0 Å². The van der Waals surface area contributed by atoms with Crippen LogP contribution in [-0.2, 0) is 19.4 Å². The monoisotopic (exact) mass is 236 g/mol. The quantitative estimate of drug-likeness (QED) is 0.872. The summed E-state index contributed by atoms with van der Waals surface area (Å²) in [5.41, 5.74) is 2.47. The maximum Gasteiger partial charge on any atom is 0.0624 e. The highest BCUT2D eigenvalue weighted by Gasteiger charge is 2.24. The second kappa shape index (κ2) is 5.67. The molecule has 0 spiro atoms. The van der Waals surface area contributed by atoms with Gasteiger partial charge in [0.1, 0.15) is 0 Å². The van der Waals surface area contributed by atoms with E-state index in [1.165, 1.54) is 24.2 Å². The molecule has 0 saturated heterocycles. The molecule has 0 aromatic carbocycles. The lowest BCUT2D eigenvalue weighted by Crippen LogP contribution is -2.27. The average Bonchev–Trinajstić information content (AvgIpc) is 2.74. The zero-order chi connectivity index (χ0) is 12.3. The first-order valence-electron chi connectivity index (χ1n) is 6.98. The van der Waals surface area contributed by atoms with Crippen LogP contribution in [-0.4, -0.2) is 21.0 Å². The van der Waals surface area contributed by atoms with E-state index in [-0.39, 0.29) is 6.10 Å². The molecule has 1 aromatic heterocycles. The maximum atomic E-state index is 10.0. The summed E-state index contributed by atoms with van der Waals surface area (Å²) in [5.74, 6) is 0.440. The molecule has 1 N–H and O–H groups in total. The Morgan fingerprint density at radius 1 is 1.35 bits per heavy atom. The summed E-state index contributed by atoms with van der Waals surface area (Å²) >= 11 is 0. The van der Waals surface area contributed by atoms with E-state index < -0.39 is 0 Å². The fraction of sp³-hybridized carbons (Fsp3) is 0.786. The number of rotatable bonds is 4. The minimum Gasteiger partial charge on any atom is -0.393 e. The molecule has 1 fully saturated rings. The molecule has 2 unspecified atom stereocenters. The predicted octanol–water partition coefficient (Wildman–Crippen LogP) is 2.56. The zero-order valence-electron chi connectivity index (χ0n) is 11.0. The Kier molecular flexibility index (Phi) is 4.21. The molecule has 1 aliphatic rings. The normalized spacial score (nSPS) is 25.1. The minimum absolute atomic E-state index is 0.103. The molecule has 96 valence electrons. The van der Waals surface area contributed by atoms with Crippen molar-refractivity contribution in [3.8, 4) is 0 Å². The molecule has 3 nitrogen and oxygen atoms in total. The second-order valence-corrected chi connectivity index (χ2v) is 5.11. The van der Waals surface area contributed by atoms with Crippen molar-refractivity contribution in [1.82, 2.24) is 9.78 Å². The summed E-state index contributed by atoms with van der Waals surface area (Å²) < 4.78 is 2.10. The van der Waals surface area contributed by atoms with E-state index in [9.17, 15) is 5.11 Å². The van der Waals surface area contributed by atoms with Gasteiger partial charge in [-0.3, -0.25) is 4.68 Å². The van der Waals surface area contributed by atoms with Crippen molar-refractivity contribution >= 4 is 0 Å². The van der Waals surface area contributed by atoms with Gasteiger partial charge in [0.05, 0.1) is 11.8 Å². The van der Waals surface area contributed by atoms with Crippen LogP contribution in [0.4, 0.5) is 0 Å². The summed E-state index contributed by atoms with van der Waals surface area (Å²) in [7, 11) is 0. The van der Waals surface area contributed by atoms with Crippen LogP contribution in [0.25, 0.3) is 0 Å². The standard InChI is InChI=1S/C14H24N2O/c1-3-12-10-13(16(4-2)15-12)9-11-7-5-6-8-14(11)17/h10-11,14,17H,3-9H2,1-2H3. The van der Waals surface area contributed by atoms with E-state index in [0.29, 0.717) is 5.92 Å². The number of aliphatic hydroxyl groups is 1. The summed E-state index contributed by atoms with van der Waals surface area (Å²) in [5, 5.41) is 14.6. The lowest BCUT2D eigenvalue weighted by Gasteiger charge is -2.27. The fourth-order valence-corrected chi connectivity index (χ4v) is 2.82. The number of hydrogen-bond acceptors (Lipinski definition) is 2. The first-order chi connectivity index (χ1) is 8.24. The number of nitrogens with zero attached hydrogens (tertiary/aromatic N) is 2. The highest BCUT2D eigenvalue weighted by Crippen LogP contribution is 2.27. The molecule has 3 heteroatoms. The van der Waals surface area contributed by atoms with Gasteiger partial charge in [-0.05, 0) is 44.6 Å². The zero-order valence-corrected chi connectivity index (χ0v) is 11.0. The van der Waals surface area contributed by atoms with Gasteiger partial charge < -0.3 is 5.11 Å². The molecule has 17 heavy (non-hydrogen) atoms. The van der Waals surface area contributed by atoms with E-state index in [1.807, 2.05) is 0 Å². The van der Waals surface area contributed by atoms with Gasteiger partial charge in [-0.25, -0.2) is 0 Å². The van der Waals surface area contributed by atoms with E-state index >= 15 is 0 Å². The Balaban J connectivity index is 2.08. The number of aliphatic hydroxyl groups excluding tert-OH is 1. The van der Waals surface area contributed by atoms with Crippen LogP contribution in [0.2, 0.25) is 0 Å². The Bertz CT molecular complexity index is 359. The fourth-order valence-electron chi connectivity index (χ4n) is 2.82. The summed E-state index contributed by atoms with van der Waals surface area (Å²) in [4.78, 5) is 0. The molecular formula is C14H24N2O. The van der Waals surface area contributed by atoms with E-state index in [0.717, 1.165) is 32.2 Å². The molecule has 1 aliphatic carbocycles. The van der Waals surface area contributed by atoms with Crippen LogP contribution < -0.4 is 0 Å². The van der Waals surface area contributed by atoms with Crippen molar-refractivity contribution in [2.75, 3.05) is 0 Å². The summed E-state index contributed by atoms with van der Waals surface area (Å²) in [6, 6.07) is 2.21. The molecule has 0 bridgehead atoms. The summed E-state index contributed by atoms with van der Waals surface area (Å²) in [6.45, 7) is 5.20. The number of aromatic nitrogens is 2. The van der Waals surface area contributed by atoms with Crippen molar-refractivity contribution in [3.63, 3.8) is 0 Å². The van der Waals surface area contributed by atoms with Crippen molar-refractivity contribution < 1.29 is 5.11 Å².